The molecule has 4 heteroatoms. The standard InChI is InChI=1S/C17H19ClN2O/c1-4-15-11-16(20(3)19-15)12-21-17-8-7-13(2)10-14(17)6-5-9-18/h7-8,10-11H,4,9,12H2,1-3H3. The Morgan fingerprint density at radius 3 is 2.81 bits per heavy atom. The van der Waals surface area contributed by atoms with E-state index >= 15 is 0 Å². The van der Waals surface area contributed by atoms with Gasteiger partial charge in [-0.1, -0.05) is 24.8 Å². The van der Waals surface area contributed by atoms with Gasteiger partial charge in [0.15, 0.2) is 0 Å². The molecular formula is C17H19ClN2O. The molecule has 1 aromatic heterocycles. The van der Waals surface area contributed by atoms with Crippen LogP contribution in [0.5, 0.6) is 5.75 Å². The zero-order valence-electron chi connectivity index (χ0n) is 12.6. The summed E-state index contributed by atoms with van der Waals surface area (Å²) in [6, 6.07) is 8.04. The summed E-state index contributed by atoms with van der Waals surface area (Å²) in [7, 11) is 1.93. The molecule has 0 atom stereocenters. The SMILES string of the molecule is CCc1cc(COc2ccc(C)cc2C#CCCl)n(C)n1. The van der Waals surface area contributed by atoms with Crippen LogP contribution in [-0.4, -0.2) is 15.7 Å². The van der Waals surface area contributed by atoms with E-state index in [0.29, 0.717) is 12.5 Å². The van der Waals surface area contributed by atoms with Gasteiger partial charge in [-0.2, -0.15) is 5.10 Å². The minimum absolute atomic E-state index is 0.314. The average Bonchev–Trinajstić information content (AvgIpc) is 2.84. The van der Waals surface area contributed by atoms with Crippen LogP contribution in [0.15, 0.2) is 24.3 Å². The first-order chi connectivity index (χ1) is 10.1. The molecule has 1 heterocycles. The first-order valence-electron chi connectivity index (χ1n) is 6.94. The van der Waals surface area contributed by atoms with Crippen molar-refractivity contribution in [1.82, 2.24) is 9.78 Å². The van der Waals surface area contributed by atoms with Crippen molar-refractivity contribution >= 4 is 11.6 Å². The van der Waals surface area contributed by atoms with Crippen molar-refractivity contribution < 1.29 is 4.74 Å². The largest absolute Gasteiger partial charge is 0.486 e. The number of benzene rings is 1. The van der Waals surface area contributed by atoms with Crippen LogP contribution in [0.4, 0.5) is 0 Å². The fourth-order valence-corrected chi connectivity index (χ4v) is 2.09. The molecule has 0 fully saturated rings. The van der Waals surface area contributed by atoms with E-state index in [0.717, 1.165) is 34.7 Å². The highest BCUT2D eigenvalue weighted by molar-refractivity contribution is 6.19. The van der Waals surface area contributed by atoms with Gasteiger partial charge in [0.2, 0.25) is 0 Å². The summed E-state index contributed by atoms with van der Waals surface area (Å²) in [6.45, 7) is 4.60. The van der Waals surface area contributed by atoms with E-state index < -0.39 is 0 Å². The summed E-state index contributed by atoms with van der Waals surface area (Å²) in [5.41, 5.74) is 4.13. The molecule has 1 aromatic carbocycles. The molecule has 0 radical (unpaired) electrons. The van der Waals surface area contributed by atoms with Crippen LogP contribution in [0.1, 0.15) is 29.4 Å². The molecule has 0 N–H and O–H groups in total. The van der Waals surface area contributed by atoms with E-state index in [1.165, 1.54) is 0 Å². The molecule has 0 unspecified atom stereocenters. The van der Waals surface area contributed by atoms with Crippen molar-refractivity contribution in [3.63, 3.8) is 0 Å². The summed E-state index contributed by atoms with van der Waals surface area (Å²) >= 11 is 5.63. The number of aromatic nitrogens is 2. The molecule has 2 rings (SSSR count). The van der Waals surface area contributed by atoms with Gasteiger partial charge >= 0.3 is 0 Å². The van der Waals surface area contributed by atoms with Crippen LogP contribution in [0.3, 0.4) is 0 Å². The van der Waals surface area contributed by atoms with Crippen molar-refractivity contribution in [2.75, 3.05) is 5.88 Å². The van der Waals surface area contributed by atoms with Crippen molar-refractivity contribution in [1.29, 1.82) is 0 Å². The smallest absolute Gasteiger partial charge is 0.135 e. The van der Waals surface area contributed by atoms with Crippen molar-refractivity contribution in [3.8, 4) is 17.6 Å². The highest BCUT2D eigenvalue weighted by Crippen LogP contribution is 2.20. The summed E-state index contributed by atoms with van der Waals surface area (Å²) in [6.07, 6.45) is 0.921. The van der Waals surface area contributed by atoms with Crippen LogP contribution in [-0.2, 0) is 20.1 Å². The van der Waals surface area contributed by atoms with Crippen LogP contribution in [0.2, 0.25) is 0 Å². The normalized spacial score (nSPS) is 10.1. The molecule has 3 nitrogen and oxygen atoms in total. The number of rotatable bonds is 4. The van der Waals surface area contributed by atoms with Crippen LogP contribution < -0.4 is 4.74 Å². The monoisotopic (exact) mass is 302 g/mol. The molecule has 0 aliphatic heterocycles. The maximum Gasteiger partial charge on any atom is 0.135 e. The Morgan fingerprint density at radius 1 is 1.33 bits per heavy atom. The minimum atomic E-state index is 0.314. The lowest BCUT2D eigenvalue weighted by atomic mass is 10.1. The second kappa shape index (κ2) is 7.19. The Morgan fingerprint density at radius 2 is 2.14 bits per heavy atom. The molecule has 0 aliphatic carbocycles. The topological polar surface area (TPSA) is 27.1 Å². The number of hydrogen-bond acceptors (Lipinski definition) is 2. The zero-order valence-corrected chi connectivity index (χ0v) is 13.4. The van der Waals surface area contributed by atoms with Gasteiger partial charge in [-0.3, -0.25) is 4.68 Å². The maximum atomic E-state index is 5.91. The van der Waals surface area contributed by atoms with E-state index in [4.69, 9.17) is 16.3 Å². The van der Waals surface area contributed by atoms with E-state index in [1.54, 1.807) is 0 Å². The lowest BCUT2D eigenvalue weighted by Gasteiger charge is -2.09. The number of halogens is 1. The summed E-state index contributed by atoms with van der Waals surface area (Å²) in [5, 5.41) is 4.42. The van der Waals surface area contributed by atoms with Crippen LogP contribution in [0, 0.1) is 18.8 Å². The average molecular weight is 303 g/mol. The third kappa shape index (κ3) is 4.03. The Balaban J connectivity index is 2.17. The number of aryl methyl sites for hydroxylation is 3. The van der Waals surface area contributed by atoms with Crippen LogP contribution in [0.25, 0.3) is 0 Å². The van der Waals surface area contributed by atoms with Gasteiger partial charge in [0, 0.05) is 7.05 Å². The lowest BCUT2D eigenvalue weighted by Crippen LogP contribution is -2.04. The Kier molecular flexibility index (Phi) is 5.30. The molecule has 2 aromatic rings. The number of nitrogens with zero attached hydrogens (tertiary/aromatic N) is 2. The quantitative estimate of drug-likeness (QED) is 0.639. The molecule has 21 heavy (non-hydrogen) atoms. The molecule has 0 amide bonds. The summed E-state index contributed by atoms with van der Waals surface area (Å²) < 4.78 is 7.77. The molecule has 0 spiro atoms. The fraction of sp³-hybridized carbons (Fsp3) is 0.353. The van der Waals surface area contributed by atoms with Crippen LogP contribution >= 0.6 is 11.6 Å². The van der Waals surface area contributed by atoms with E-state index in [1.807, 2.05) is 36.9 Å². The summed E-state index contributed by atoms with van der Waals surface area (Å²) in [4.78, 5) is 0. The highest BCUT2D eigenvalue weighted by Gasteiger charge is 2.07. The Hall–Kier alpha value is -1.92. The zero-order chi connectivity index (χ0) is 15.2. The maximum absolute atomic E-state index is 5.91. The molecule has 0 bridgehead atoms. The molecule has 0 saturated heterocycles. The van der Waals surface area contributed by atoms with Gasteiger partial charge in [0.05, 0.1) is 22.8 Å². The van der Waals surface area contributed by atoms with Crippen molar-refractivity contribution in [2.45, 2.75) is 26.9 Å². The molecule has 0 saturated carbocycles. The van der Waals surface area contributed by atoms with Gasteiger partial charge in [-0.05, 0) is 37.1 Å². The van der Waals surface area contributed by atoms with Gasteiger partial charge < -0.3 is 4.74 Å². The molecular weight excluding hydrogens is 284 g/mol. The predicted molar refractivity (Wildman–Crippen MR) is 85.7 cm³/mol. The molecule has 0 aliphatic rings. The third-order valence-corrected chi connectivity index (χ3v) is 3.32. The Labute approximate surface area is 130 Å². The number of hydrogen-bond donors (Lipinski definition) is 0. The minimum Gasteiger partial charge on any atom is -0.486 e. The van der Waals surface area contributed by atoms with Gasteiger partial charge in [0.25, 0.3) is 0 Å². The third-order valence-electron chi connectivity index (χ3n) is 3.19. The van der Waals surface area contributed by atoms with Crippen molar-refractivity contribution in [2.24, 2.45) is 7.05 Å². The number of alkyl halides is 1. The van der Waals surface area contributed by atoms with Gasteiger partial charge in [-0.15, -0.1) is 11.6 Å². The van der Waals surface area contributed by atoms with E-state index in [9.17, 15) is 0 Å². The Bertz CT molecular complexity index is 680. The molecule has 110 valence electrons. The van der Waals surface area contributed by atoms with Crippen molar-refractivity contribution in [3.05, 3.63) is 46.8 Å². The second-order valence-electron chi connectivity index (χ2n) is 4.83. The number of ether oxygens (including phenoxy) is 1. The first-order valence-corrected chi connectivity index (χ1v) is 7.47. The second-order valence-corrected chi connectivity index (χ2v) is 5.10. The van der Waals surface area contributed by atoms with Gasteiger partial charge in [0.1, 0.15) is 12.4 Å². The lowest BCUT2D eigenvalue weighted by molar-refractivity contribution is 0.294. The van der Waals surface area contributed by atoms with Gasteiger partial charge in [-0.25, -0.2) is 0 Å². The predicted octanol–water partition coefficient (Wildman–Crippen LogP) is 3.46. The van der Waals surface area contributed by atoms with E-state index in [2.05, 4.69) is 29.9 Å². The first kappa shape index (κ1) is 15.5. The highest BCUT2D eigenvalue weighted by atomic mass is 35.5. The summed E-state index contributed by atoms with van der Waals surface area (Å²) in [5.74, 6) is 7.00. The fourth-order valence-electron chi connectivity index (χ4n) is 2.03. The van der Waals surface area contributed by atoms with E-state index in [-0.39, 0.29) is 0 Å².